The maximum atomic E-state index is 12.5. The first-order valence-corrected chi connectivity index (χ1v) is 10.1. The molecule has 0 aliphatic carbocycles. The molecule has 0 aliphatic rings. The van der Waals surface area contributed by atoms with Gasteiger partial charge in [0.2, 0.25) is 5.91 Å². The third kappa shape index (κ3) is 7.91. The maximum absolute atomic E-state index is 12.5. The summed E-state index contributed by atoms with van der Waals surface area (Å²) < 4.78 is 5.32. The van der Waals surface area contributed by atoms with E-state index in [2.05, 4.69) is 16.0 Å². The van der Waals surface area contributed by atoms with Gasteiger partial charge in [0.1, 0.15) is 12.4 Å². The number of aliphatic hydroxyl groups excluding tert-OH is 1. The number of hydrogen-bond acceptors (Lipinski definition) is 7. The molecule has 0 bridgehead atoms. The van der Waals surface area contributed by atoms with Crippen LogP contribution in [0.15, 0.2) is 48.5 Å². The van der Waals surface area contributed by atoms with Gasteiger partial charge in [-0.1, -0.05) is 24.3 Å². The lowest BCUT2D eigenvalue weighted by atomic mass is 10.0. The molecule has 0 heterocycles. The number of ether oxygens (including phenoxy) is 1. The minimum Gasteiger partial charge on any atom is -0.491 e. The zero-order valence-electron chi connectivity index (χ0n) is 18.0. The molecule has 2 aromatic carbocycles. The van der Waals surface area contributed by atoms with Gasteiger partial charge in [-0.3, -0.25) is 24.4 Å². The minimum atomic E-state index is -1.68. The van der Waals surface area contributed by atoms with E-state index < -0.39 is 23.8 Å². The normalized spacial score (nSPS) is 11.1. The Morgan fingerprint density at radius 3 is 2.00 bits per heavy atom. The molecule has 2 aromatic rings. The Kier molecular flexibility index (Phi) is 9.80. The van der Waals surface area contributed by atoms with E-state index in [9.17, 15) is 19.2 Å². The fourth-order valence-corrected chi connectivity index (χ4v) is 2.78. The summed E-state index contributed by atoms with van der Waals surface area (Å²) in [6, 6.07) is 12.0. The van der Waals surface area contributed by atoms with Crippen molar-refractivity contribution in [2.24, 2.45) is 0 Å². The summed E-state index contributed by atoms with van der Waals surface area (Å²) in [7, 11) is 0. The van der Waals surface area contributed by atoms with E-state index in [1.165, 1.54) is 24.5 Å². The second-order valence-electron chi connectivity index (χ2n) is 6.83. The number of amides is 4. The Balaban J connectivity index is 2.02. The molecule has 33 heavy (non-hydrogen) atoms. The van der Waals surface area contributed by atoms with E-state index in [1.807, 2.05) is 12.1 Å². The first-order valence-electron chi connectivity index (χ1n) is 10.1. The Bertz CT molecular complexity index is 962. The highest BCUT2D eigenvalue weighted by molar-refractivity contribution is 6.08. The zero-order chi connectivity index (χ0) is 24.2. The van der Waals surface area contributed by atoms with Gasteiger partial charge in [-0.25, -0.2) is 5.48 Å². The fourth-order valence-electron chi connectivity index (χ4n) is 2.78. The van der Waals surface area contributed by atoms with Crippen LogP contribution in [0.25, 0.3) is 11.1 Å². The molecule has 0 saturated heterocycles. The van der Waals surface area contributed by atoms with Gasteiger partial charge in [0, 0.05) is 25.6 Å². The highest BCUT2D eigenvalue weighted by Crippen LogP contribution is 2.23. The van der Waals surface area contributed by atoms with Crippen molar-refractivity contribution in [3.05, 3.63) is 54.1 Å². The fraction of sp³-hybridized carbons (Fsp3) is 0.273. The Morgan fingerprint density at radius 2 is 1.45 bits per heavy atom. The first kappa shape index (κ1) is 25.3. The monoisotopic (exact) mass is 458 g/mol. The van der Waals surface area contributed by atoms with E-state index in [-0.39, 0.29) is 37.8 Å². The van der Waals surface area contributed by atoms with Crippen LogP contribution in [0, 0.1) is 0 Å². The predicted molar refractivity (Wildman–Crippen MR) is 117 cm³/mol. The van der Waals surface area contributed by atoms with Crippen LogP contribution in [0.3, 0.4) is 0 Å². The second kappa shape index (κ2) is 12.8. The molecule has 1 atom stereocenters. The largest absolute Gasteiger partial charge is 0.491 e. The van der Waals surface area contributed by atoms with Crippen LogP contribution in [0.1, 0.15) is 17.3 Å². The van der Waals surface area contributed by atoms with Crippen molar-refractivity contribution in [2.45, 2.75) is 13.0 Å². The van der Waals surface area contributed by atoms with Crippen LogP contribution in [0.5, 0.6) is 5.75 Å². The third-order valence-corrected chi connectivity index (χ3v) is 4.40. The molecule has 0 fully saturated rings. The summed E-state index contributed by atoms with van der Waals surface area (Å²) in [5.41, 5.74) is 3.24. The molecular weight excluding hydrogens is 432 g/mol. The quantitative estimate of drug-likeness (QED) is 0.115. The van der Waals surface area contributed by atoms with Gasteiger partial charge in [0.15, 0.2) is 6.04 Å². The molecular formula is C22H26N4O7. The molecule has 2 rings (SSSR count). The molecule has 0 aromatic heterocycles. The van der Waals surface area contributed by atoms with E-state index >= 15 is 0 Å². The average molecular weight is 458 g/mol. The van der Waals surface area contributed by atoms with Gasteiger partial charge in [-0.15, -0.1) is 0 Å². The van der Waals surface area contributed by atoms with Crippen molar-refractivity contribution >= 4 is 23.6 Å². The van der Waals surface area contributed by atoms with Crippen molar-refractivity contribution < 1.29 is 34.2 Å². The topological polar surface area (TPSA) is 166 Å². The molecule has 1 unspecified atom stereocenters. The molecule has 0 spiro atoms. The van der Waals surface area contributed by atoms with Gasteiger partial charge in [0.25, 0.3) is 17.7 Å². The SMILES string of the molecule is CC(=O)NCCNC(=O)C(NC(=O)c1ccc(-c2ccc(OCCO)cc2)cc1)C(=O)NO. The van der Waals surface area contributed by atoms with Crippen LogP contribution in [-0.2, 0) is 14.4 Å². The molecule has 11 heteroatoms. The van der Waals surface area contributed by atoms with Crippen molar-refractivity contribution in [1.29, 1.82) is 0 Å². The number of nitrogens with one attached hydrogen (secondary N) is 4. The van der Waals surface area contributed by atoms with Gasteiger partial charge >= 0.3 is 0 Å². The summed E-state index contributed by atoms with van der Waals surface area (Å²) in [6.45, 7) is 1.61. The van der Waals surface area contributed by atoms with Gasteiger partial charge in [0.05, 0.1) is 6.61 Å². The summed E-state index contributed by atoms with van der Waals surface area (Å²) in [5.74, 6) is -2.32. The average Bonchev–Trinajstić information content (AvgIpc) is 2.83. The van der Waals surface area contributed by atoms with Crippen LogP contribution >= 0.6 is 0 Å². The lowest BCUT2D eigenvalue weighted by molar-refractivity contribution is -0.137. The summed E-state index contributed by atoms with van der Waals surface area (Å²) in [6.07, 6.45) is 0. The Morgan fingerprint density at radius 1 is 0.879 bits per heavy atom. The molecule has 0 aliphatic heterocycles. The van der Waals surface area contributed by atoms with Gasteiger partial charge < -0.3 is 25.8 Å². The van der Waals surface area contributed by atoms with Crippen molar-refractivity contribution in [3.63, 3.8) is 0 Å². The number of aliphatic hydroxyl groups is 1. The van der Waals surface area contributed by atoms with Crippen LogP contribution in [0.4, 0.5) is 0 Å². The number of rotatable bonds is 11. The lowest BCUT2D eigenvalue weighted by Gasteiger charge is -2.17. The summed E-state index contributed by atoms with van der Waals surface area (Å²) in [4.78, 5) is 47.5. The second-order valence-corrected chi connectivity index (χ2v) is 6.83. The van der Waals surface area contributed by atoms with Crippen molar-refractivity contribution in [3.8, 4) is 16.9 Å². The molecule has 4 amide bonds. The van der Waals surface area contributed by atoms with Crippen LogP contribution < -0.4 is 26.2 Å². The number of hydroxylamine groups is 1. The third-order valence-electron chi connectivity index (χ3n) is 4.40. The zero-order valence-corrected chi connectivity index (χ0v) is 18.0. The van der Waals surface area contributed by atoms with Gasteiger partial charge in [-0.2, -0.15) is 0 Å². The highest BCUT2D eigenvalue weighted by atomic mass is 16.5. The Labute approximate surface area is 190 Å². The number of benzene rings is 2. The summed E-state index contributed by atoms with van der Waals surface area (Å²) >= 11 is 0. The number of hydrogen-bond donors (Lipinski definition) is 6. The Hall–Kier alpha value is -3.96. The van der Waals surface area contributed by atoms with Crippen LogP contribution in [0.2, 0.25) is 0 Å². The summed E-state index contributed by atoms with van der Waals surface area (Å²) in [5, 5.41) is 24.8. The number of carbonyl (C=O) groups is 4. The first-order chi connectivity index (χ1) is 15.8. The molecule has 0 radical (unpaired) electrons. The standard InChI is InChI=1S/C22H26N4O7/c1-14(28)23-10-11-24-21(30)19(22(31)26-32)25-20(29)17-4-2-15(3-5-17)16-6-8-18(9-7-16)33-13-12-27/h2-9,19,27,32H,10-13H2,1H3,(H,23,28)(H,24,30)(H,25,29)(H,26,31). The highest BCUT2D eigenvalue weighted by Gasteiger charge is 2.28. The maximum Gasteiger partial charge on any atom is 0.275 e. The van der Waals surface area contributed by atoms with E-state index in [4.69, 9.17) is 15.1 Å². The molecule has 6 N–H and O–H groups in total. The minimum absolute atomic E-state index is 0.0298. The molecule has 0 saturated carbocycles. The van der Waals surface area contributed by atoms with Gasteiger partial charge in [-0.05, 0) is 35.4 Å². The van der Waals surface area contributed by atoms with Crippen LogP contribution in [-0.4, -0.2) is 66.3 Å². The molecule has 11 nitrogen and oxygen atoms in total. The van der Waals surface area contributed by atoms with Crippen molar-refractivity contribution in [1.82, 2.24) is 21.4 Å². The van der Waals surface area contributed by atoms with E-state index in [1.54, 1.807) is 24.3 Å². The predicted octanol–water partition coefficient (Wildman–Crippen LogP) is -0.419. The molecule has 176 valence electrons. The smallest absolute Gasteiger partial charge is 0.275 e. The lowest BCUT2D eigenvalue weighted by Crippen LogP contribution is -2.55. The van der Waals surface area contributed by atoms with Crippen molar-refractivity contribution in [2.75, 3.05) is 26.3 Å². The van der Waals surface area contributed by atoms with E-state index in [0.29, 0.717) is 5.75 Å². The number of carbonyl (C=O) groups excluding carboxylic acids is 4. The van der Waals surface area contributed by atoms with E-state index in [0.717, 1.165) is 11.1 Å².